The van der Waals surface area contributed by atoms with Crippen molar-refractivity contribution in [2.75, 3.05) is 99.5 Å². The molecule has 1 amide bonds. The Kier molecular flexibility index (Phi) is 49.5. The highest BCUT2D eigenvalue weighted by atomic mass is 16.8. The highest BCUT2D eigenvalue weighted by Gasteiger charge is 2.59. The minimum absolute atomic E-state index is 0.0649. The number of benzene rings is 3. The molecule has 2 N–H and O–H groups in total. The number of hydrogen-bond donors (Lipinski definition) is 2. The maximum absolute atomic E-state index is 14.7. The number of carbonyl (C=O) groups excluding carboxylic acids is 5. The van der Waals surface area contributed by atoms with E-state index in [9.17, 15) is 29.1 Å². The Balaban J connectivity index is 1.48. The van der Waals surface area contributed by atoms with Gasteiger partial charge in [-0.25, -0.2) is 19.2 Å². The first-order valence-electron chi connectivity index (χ1n) is 42.4. The van der Waals surface area contributed by atoms with Gasteiger partial charge in [0.2, 0.25) is 0 Å². The van der Waals surface area contributed by atoms with Crippen molar-refractivity contribution in [3.8, 4) is 0 Å². The Hall–Kier alpha value is -5.87. The first kappa shape index (κ1) is 98.0. The zero-order chi connectivity index (χ0) is 82.8. The molecule has 7 unspecified atom stereocenters. The first-order chi connectivity index (χ1) is 56.1. The molecule has 19 atom stereocenters. The van der Waals surface area contributed by atoms with Crippen molar-refractivity contribution < 1.29 is 129 Å². The predicted octanol–water partition coefficient (Wildman–Crippen LogP) is 13.1. The fraction of sp³-hybridized carbons (Fsp3) is 0.736. The molecule has 0 saturated carbocycles. The normalized spacial score (nSPS) is 24.6. The lowest BCUT2D eigenvalue weighted by molar-refractivity contribution is -0.393. The van der Waals surface area contributed by atoms with Crippen molar-refractivity contribution in [2.24, 2.45) is 0 Å². The second-order valence-corrected chi connectivity index (χ2v) is 29.1. The van der Waals surface area contributed by atoms with Crippen molar-refractivity contribution in [1.29, 1.82) is 0 Å². The number of ether oxygens (including phenoxy) is 21. The zero-order valence-corrected chi connectivity index (χ0v) is 70.2. The molecular weight excluding hydrogens is 1490 g/mol. The maximum atomic E-state index is 14.7. The standard InChI is InChI=1S/C87H137NO27/c1-12-20-47-96-57-66(61(9)89)108-83(69(59-98-49-22-14-3)107-80(91)64-42-34-29-35-43-64)112-71-68(60-105-62(10)90)110-85(77(102-53-26-18-7)73(71)100-51-24-16-5)113-70-67(58-97-48-21-13-2)109-86(78(103-54-27-19-8)72(70)99-50-23-15-4)114-75-74(101-52-25-17-6)79(111-81(92)65-44-36-30-37-45-65)84(115-76(75)82(93)95-11)104-55-39-31-38-46-88-87(94)106-56-63-40-32-28-33-41-63/h28-30,32-37,40-45,61,66-79,83-86,89H,12-27,31,38-39,46-60H2,1-11H3,(H,88,94)/t61-,66?,67?,68?,69-,70-,71+,72-,73-,74?,75-,76?,77?,78?,79-,83-,84+,85+,86+/m0/s1. The van der Waals surface area contributed by atoms with E-state index in [1.807, 2.05) is 85.7 Å². The van der Waals surface area contributed by atoms with Crippen LogP contribution in [-0.2, 0) is 116 Å². The van der Waals surface area contributed by atoms with E-state index in [0.717, 1.165) is 56.9 Å². The molecule has 28 heteroatoms. The van der Waals surface area contributed by atoms with Crippen LogP contribution in [-0.4, -0.2) is 251 Å². The highest BCUT2D eigenvalue weighted by molar-refractivity contribution is 5.90. The van der Waals surface area contributed by atoms with Crippen LogP contribution < -0.4 is 5.32 Å². The summed E-state index contributed by atoms with van der Waals surface area (Å²) in [5.41, 5.74) is 1.33. The third kappa shape index (κ3) is 34.8. The van der Waals surface area contributed by atoms with Gasteiger partial charge in [0.05, 0.1) is 44.2 Å². The van der Waals surface area contributed by atoms with Crippen LogP contribution in [0.2, 0.25) is 0 Å². The van der Waals surface area contributed by atoms with Crippen LogP contribution in [0.5, 0.6) is 0 Å². The Bertz CT molecular complexity index is 3030. The zero-order valence-electron chi connectivity index (χ0n) is 70.2. The quantitative estimate of drug-likeness (QED) is 0.0229. The number of esters is 4. The van der Waals surface area contributed by atoms with Gasteiger partial charge in [0.15, 0.2) is 43.5 Å². The van der Waals surface area contributed by atoms with Gasteiger partial charge in [-0.05, 0) is 107 Å². The maximum Gasteiger partial charge on any atom is 0.407 e. The number of amides is 1. The summed E-state index contributed by atoms with van der Waals surface area (Å²) >= 11 is 0. The van der Waals surface area contributed by atoms with E-state index in [2.05, 4.69) is 5.32 Å². The number of hydrogen-bond acceptors (Lipinski definition) is 27. The number of aliphatic hydroxyl groups excluding tert-OH is 1. The average molecular weight is 1630 g/mol. The largest absolute Gasteiger partial charge is 0.467 e. The molecule has 3 aromatic carbocycles. The molecule has 0 aromatic heterocycles. The molecule has 0 bridgehead atoms. The number of nitrogens with one attached hydrogen (secondary N) is 1. The van der Waals surface area contributed by atoms with Crippen molar-refractivity contribution in [2.45, 2.75) is 315 Å². The van der Waals surface area contributed by atoms with Crippen LogP contribution in [0.3, 0.4) is 0 Å². The van der Waals surface area contributed by atoms with Crippen LogP contribution in [0, 0.1) is 0 Å². The van der Waals surface area contributed by atoms with Gasteiger partial charge < -0.3 is 110 Å². The number of rotatable bonds is 61. The molecule has 3 aliphatic rings. The molecule has 6 rings (SSSR count). The third-order valence-electron chi connectivity index (χ3n) is 19.5. The number of aliphatic hydroxyl groups is 1. The van der Waals surface area contributed by atoms with Crippen LogP contribution >= 0.6 is 0 Å². The molecule has 0 spiro atoms. The molecule has 3 aromatic rings. The smallest absolute Gasteiger partial charge is 0.407 e. The second kappa shape index (κ2) is 58.1. The van der Waals surface area contributed by atoms with Gasteiger partial charge >= 0.3 is 30.0 Å². The van der Waals surface area contributed by atoms with Crippen molar-refractivity contribution in [3.05, 3.63) is 108 Å². The van der Waals surface area contributed by atoms with Crippen LogP contribution in [0.25, 0.3) is 0 Å². The Labute approximate surface area is 682 Å². The summed E-state index contributed by atoms with van der Waals surface area (Å²) in [4.78, 5) is 69.5. The molecule has 652 valence electrons. The molecule has 3 saturated heterocycles. The van der Waals surface area contributed by atoms with Gasteiger partial charge in [0.1, 0.15) is 80.4 Å². The first-order valence-corrected chi connectivity index (χ1v) is 42.4. The van der Waals surface area contributed by atoms with E-state index in [0.29, 0.717) is 97.0 Å². The summed E-state index contributed by atoms with van der Waals surface area (Å²) in [5.74, 6) is -2.93. The number of carbonyl (C=O) groups is 5. The van der Waals surface area contributed by atoms with Crippen molar-refractivity contribution in [1.82, 2.24) is 5.32 Å². The van der Waals surface area contributed by atoms with Gasteiger partial charge in [0, 0.05) is 72.9 Å². The van der Waals surface area contributed by atoms with Crippen LogP contribution in [0.1, 0.15) is 218 Å². The Morgan fingerprint density at radius 1 is 0.443 bits per heavy atom. The van der Waals surface area contributed by atoms with Crippen LogP contribution in [0.4, 0.5) is 4.79 Å². The van der Waals surface area contributed by atoms with E-state index < -0.39 is 153 Å². The van der Waals surface area contributed by atoms with Gasteiger partial charge in [-0.15, -0.1) is 0 Å². The van der Waals surface area contributed by atoms with E-state index in [-0.39, 0.29) is 77.2 Å². The molecule has 3 aliphatic heterocycles. The number of alkyl carbamates (subject to hydrolysis) is 1. The summed E-state index contributed by atoms with van der Waals surface area (Å²) < 4.78 is 141. The molecule has 28 nitrogen and oxygen atoms in total. The molecule has 3 fully saturated rings. The lowest BCUT2D eigenvalue weighted by atomic mass is 9.94. The van der Waals surface area contributed by atoms with Gasteiger partial charge in [-0.2, -0.15) is 0 Å². The van der Waals surface area contributed by atoms with E-state index in [4.69, 9.17) is 99.5 Å². The van der Waals surface area contributed by atoms with Crippen LogP contribution in [0.15, 0.2) is 91.0 Å². The number of unbranched alkanes of at least 4 members (excludes halogenated alkanes) is 10. The third-order valence-corrected chi connectivity index (χ3v) is 19.5. The summed E-state index contributed by atoms with van der Waals surface area (Å²) in [7, 11) is 1.22. The van der Waals surface area contributed by atoms with E-state index in [1.54, 1.807) is 67.6 Å². The topological polar surface area (TPSA) is 311 Å². The summed E-state index contributed by atoms with van der Waals surface area (Å²) in [6.45, 7) is 20.6. The van der Waals surface area contributed by atoms with Gasteiger partial charge in [-0.3, -0.25) is 4.79 Å². The fourth-order valence-electron chi connectivity index (χ4n) is 12.8. The van der Waals surface area contributed by atoms with Crippen molar-refractivity contribution in [3.63, 3.8) is 0 Å². The summed E-state index contributed by atoms with van der Waals surface area (Å²) in [6, 6.07) is 26.3. The molecule has 3 heterocycles. The molecule has 115 heavy (non-hydrogen) atoms. The second-order valence-electron chi connectivity index (χ2n) is 29.1. The van der Waals surface area contributed by atoms with E-state index >= 15 is 0 Å². The SMILES string of the molecule is CCCCOCC(O[C@@H](O[C@@H]1C(COC(C)=O)O[C@H](O[C@H]2C(COCCCC)O[C@H](O[C@@H]3C(C(=O)OC)O[C@@H](OCCCCCNC(=O)OCc4ccccc4)[C@@H](OC(=O)c4ccccc4)C3OCCCC)C(OCCCC)[C@H]2OCCCC)C(OCCCC)[C@H]1OCCCC)[C@H](COCCCC)OC(=O)c1ccccc1)[C@H](C)O. The minimum atomic E-state index is -1.61. The molecular formula is C87H137NO27. The Morgan fingerprint density at radius 2 is 0.896 bits per heavy atom. The lowest BCUT2D eigenvalue weighted by Gasteiger charge is -2.51. The average Bonchev–Trinajstić information content (AvgIpc) is 0.761. The van der Waals surface area contributed by atoms with Gasteiger partial charge in [0.25, 0.3) is 0 Å². The fourth-order valence-corrected chi connectivity index (χ4v) is 12.8. The summed E-state index contributed by atoms with van der Waals surface area (Å²) in [5, 5.41) is 14.3. The van der Waals surface area contributed by atoms with Crippen molar-refractivity contribution >= 4 is 30.0 Å². The highest BCUT2D eigenvalue weighted by Crippen LogP contribution is 2.40. The predicted molar refractivity (Wildman–Crippen MR) is 426 cm³/mol. The molecule has 0 radical (unpaired) electrons. The lowest BCUT2D eigenvalue weighted by Crippen LogP contribution is -2.69. The monoisotopic (exact) mass is 1630 g/mol. The number of methoxy groups -OCH3 is 1. The van der Waals surface area contributed by atoms with Gasteiger partial charge in [-0.1, -0.05) is 173 Å². The molecule has 0 aliphatic carbocycles. The van der Waals surface area contributed by atoms with E-state index in [1.165, 1.54) is 14.0 Å². The Morgan fingerprint density at radius 3 is 1.41 bits per heavy atom. The minimum Gasteiger partial charge on any atom is -0.467 e. The summed E-state index contributed by atoms with van der Waals surface area (Å²) in [6.07, 6.45) is -12.6.